The van der Waals surface area contributed by atoms with Crippen LogP contribution in [-0.2, 0) is 0 Å². The van der Waals surface area contributed by atoms with E-state index in [0.717, 1.165) is 11.1 Å². The Hall–Kier alpha value is -2.17. The number of nitrogens with zero attached hydrogens (tertiary/aromatic N) is 3. The van der Waals surface area contributed by atoms with E-state index in [1.165, 1.54) is 0 Å². The van der Waals surface area contributed by atoms with Crippen LogP contribution >= 0.6 is 0 Å². The van der Waals surface area contributed by atoms with Gasteiger partial charge in [0.2, 0.25) is 5.88 Å². The average molecular weight is 216 g/mol. The van der Waals surface area contributed by atoms with Gasteiger partial charge in [0.15, 0.2) is 5.82 Å². The Morgan fingerprint density at radius 1 is 1.19 bits per heavy atom. The van der Waals surface area contributed by atoms with Crippen LogP contribution < -0.4 is 10.5 Å². The van der Waals surface area contributed by atoms with E-state index < -0.39 is 0 Å². The maximum Gasteiger partial charge on any atom is 0.212 e. The SMILES string of the molecule is COc1ccc(-c2ncc(C)c(N)n2)cn1. The van der Waals surface area contributed by atoms with Gasteiger partial charge in [0.25, 0.3) is 0 Å². The van der Waals surface area contributed by atoms with E-state index in [0.29, 0.717) is 17.5 Å². The van der Waals surface area contributed by atoms with Crippen LogP contribution in [0, 0.1) is 6.92 Å². The van der Waals surface area contributed by atoms with Crippen molar-refractivity contribution in [3.63, 3.8) is 0 Å². The molecule has 2 aromatic heterocycles. The summed E-state index contributed by atoms with van der Waals surface area (Å²) < 4.78 is 4.97. The first-order valence-electron chi connectivity index (χ1n) is 4.80. The lowest BCUT2D eigenvalue weighted by Gasteiger charge is -2.03. The molecule has 0 aliphatic carbocycles. The molecule has 2 rings (SSSR count). The molecule has 2 heterocycles. The molecule has 2 N–H and O–H groups in total. The minimum Gasteiger partial charge on any atom is -0.481 e. The van der Waals surface area contributed by atoms with Gasteiger partial charge in [-0.25, -0.2) is 15.0 Å². The van der Waals surface area contributed by atoms with Crippen LogP contribution in [0.2, 0.25) is 0 Å². The van der Waals surface area contributed by atoms with Gasteiger partial charge in [-0.15, -0.1) is 0 Å². The summed E-state index contributed by atoms with van der Waals surface area (Å²) in [5.41, 5.74) is 7.40. The van der Waals surface area contributed by atoms with Crippen LogP contribution in [-0.4, -0.2) is 22.1 Å². The number of aromatic nitrogens is 3. The zero-order chi connectivity index (χ0) is 11.5. The van der Waals surface area contributed by atoms with Crippen molar-refractivity contribution in [2.75, 3.05) is 12.8 Å². The summed E-state index contributed by atoms with van der Waals surface area (Å²) in [5, 5.41) is 0. The molecular formula is C11H12N4O. The molecule has 0 amide bonds. The Labute approximate surface area is 93.3 Å². The highest BCUT2D eigenvalue weighted by molar-refractivity contribution is 5.56. The number of rotatable bonds is 2. The molecule has 0 saturated heterocycles. The number of pyridine rings is 1. The number of hydrogen-bond donors (Lipinski definition) is 1. The van der Waals surface area contributed by atoms with E-state index in [2.05, 4.69) is 15.0 Å². The topological polar surface area (TPSA) is 73.9 Å². The number of nitrogens with two attached hydrogens (primary N) is 1. The van der Waals surface area contributed by atoms with Crippen LogP contribution in [0.4, 0.5) is 5.82 Å². The second kappa shape index (κ2) is 4.14. The van der Waals surface area contributed by atoms with Crippen LogP contribution in [0.1, 0.15) is 5.56 Å². The smallest absolute Gasteiger partial charge is 0.212 e. The Balaban J connectivity index is 2.38. The second-order valence-electron chi connectivity index (χ2n) is 3.35. The van der Waals surface area contributed by atoms with E-state index in [4.69, 9.17) is 10.5 Å². The van der Waals surface area contributed by atoms with Crippen molar-refractivity contribution in [3.05, 3.63) is 30.1 Å². The maximum atomic E-state index is 5.72. The van der Waals surface area contributed by atoms with Gasteiger partial charge in [-0.2, -0.15) is 0 Å². The summed E-state index contributed by atoms with van der Waals surface area (Å²) in [6.07, 6.45) is 3.35. The monoisotopic (exact) mass is 216 g/mol. The molecule has 5 heteroatoms. The third-order valence-electron chi connectivity index (χ3n) is 2.21. The Bertz CT molecular complexity index is 496. The Kier molecular flexibility index (Phi) is 2.68. The third kappa shape index (κ3) is 1.93. The largest absolute Gasteiger partial charge is 0.481 e. The molecule has 0 spiro atoms. The summed E-state index contributed by atoms with van der Waals surface area (Å²) in [7, 11) is 1.57. The van der Waals surface area contributed by atoms with E-state index in [1.807, 2.05) is 13.0 Å². The number of ether oxygens (including phenoxy) is 1. The van der Waals surface area contributed by atoms with Crippen LogP contribution in [0.25, 0.3) is 11.4 Å². The van der Waals surface area contributed by atoms with Crippen LogP contribution in [0.3, 0.4) is 0 Å². The number of nitrogen functional groups attached to an aromatic ring is 1. The number of aryl methyl sites for hydroxylation is 1. The summed E-state index contributed by atoms with van der Waals surface area (Å²) in [6.45, 7) is 1.87. The molecule has 0 atom stereocenters. The van der Waals surface area contributed by atoms with Gasteiger partial charge in [-0.05, 0) is 13.0 Å². The fraction of sp³-hybridized carbons (Fsp3) is 0.182. The number of methoxy groups -OCH3 is 1. The van der Waals surface area contributed by atoms with Gasteiger partial charge in [-0.1, -0.05) is 0 Å². The highest BCUT2D eigenvalue weighted by Crippen LogP contribution is 2.18. The molecule has 82 valence electrons. The number of hydrogen-bond acceptors (Lipinski definition) is 5. The van der Waals surface area contributed by atoms with Gasteiger partial charge in [0.05, 0.1) is 7.11 Å². The molecule has 5 nitrogen and oxygen atoms in total. The van der Waals surface area contributed by atoms with E-state index in [1.54, 1.807) is 25.6 Å². The van der Waals surface area contributed by atoms with E-state index in [-0.39, 0.29) is 0 Å². The summed E-state index contributed by atoms with van der Waals surface area (Å²) >= 11 is 0. The lowest BCUT2D eigenvalue weighted by Crippen LogP contribution is -1.98. The Morgan fingerprint density at radius 2 is 2.00 bits per heavy atom. The first kappa shape index (κ1) is 10.4. The zero-order valence-corrected chi connectivity index (χ0v) is 9.14. The van der Waals surface area contributed by atoms with Gasteiger partial charge >= 0.3 is 0 Å². The first-order valence-corrected chi connectivity index (χ1v) is 4.80. The predicted molar refractivity (Wildman–Crippen MR) is 61.0 cm³/mol. The molecule has 0 aliphatic heterocycles. The summed E-state index contributed by atoms with van der Waals surface area (Å²) in [5.74, 6) is 1.61. The normalized spacial score (nSPS) is 10.1. The lowest BCUT2D eigenvalue weighted by atomic mass is 10.2. The molecule has 0 unspecified atom stereocenters. The van der Waals surface area contributed by atoms with E-state index >= 15 is 0 Å². The van der Waals surface area contributed by atoms with Gasteiger partial charge < -0.3 is 10.5 Å². The van der Waals surface area contributed by atoms with Gasteiger partial charge in [0.1, 0.15) is 5.82 Å². The van der Waals surface area contributed by atoms with Gasteiger partial charge in [-0.3, -0.25) is 0 Å². The fourth-order valence-electron chi connectivity index (χ4n) is 1.23. The van der Waals surface area contributed by atoms with Crippen molar-refractivity contribution in [2.45, 2.75) is 6.92 Å². The third-order valence-corrected chi connectivity index (χ3v) is 2.21. The quantitative estimate of drug-likeness (QED) is 0.822. The van der Waals surface area contributed by atoms with Crippen molar-refractivity contribution in [1.82, 2.24) is 15.0 Å². The average Bonchev–Trinajstić information content (AvgIpc) is 2.33. The number of anilines is 1. The summed E-state index contributed by atoms with van der Waals surface area (Å²) in [4.78, 5) is 12.5. The van der Waals surface area contributed by atoms with Crippen LogP contribution in [0.15, 0.2) is 24.5 Å². The van der Waals surface area contributed by atoms with E-state index in [9.17, 15) is 0 Å². The maximum absolute atomic E-state index is 5.72. The van der Waals surface area contributed by atoms with Crippen molar-refractivity contribution in [3.8, 4) is 17.3 Å². The van der Waals surface area contributed by atoms with Crippen LogP contribution in [0.5, 0.6) is 5.88 Å². The molecule has 0 fully saturated rings. The molecule has 16 heavy (non-hydrogen) atoms. The van der Waals surface area contributed by atoms with Crippen molar-refractivity contribution >= 4 is 5.82 Å². The summed E-state index contributed by atoms with van der Waals surface area (Å²) in [6, 6.07) is 3.60. The fourth-order valence-corrected chi connectivity index (χ4v) is 1.23. The van der Waals surface area contributed by atoms with Crippen molar-refractivity contribution < 1.29 is 4.74 Å². The minimum atomic E-state index is 0.487. The molecule has 0 radical (unpaired) electrons. The predicted octanol–water partition coefficient (Wildman–Crippen LogP) is 1.44. The molecular weight excluding hydrogens is 204 g/mol. The minimum absolute atomic E-state index is 0.487. The molecule has 0 aromatic carbocycles. The lowest BCUT2D eigenvalue weighted by molar-refractivity contribution is 0.398. The molecule has 0 aliphatic rings. The van der Waals surface area contributed by atoms with Gasteiger partial charge in [0, 0.05) is 29.6 Å². The van der Waals surface area contributed by atoms with Crippen molar-refractivity contribution in [2.24, 2.45) is 0 Å². The first-order chi connectivity index (χ1) is 7.70. The highest BCUT2D eigenvalue weighted by atomic mass is 16.5. The Morgan fingerprint density at radius 3 is 2.56 bits per heavy atom. The highest BCUT2D eigenvalue weighted by Gasteiger charge is 2.04. The standard InChI is InChI=1S/C11H12N4O/c1-7-5-14-11(15-10(7)12)8-3-4-9(16-2)13-6-8/h3-6H,1-2H3,(H2,12,14,15). The zero-order valence-electron chi connectivity index (χ0n) is 9.14. The molecule has 2 aromatic rings. The molecule has 0 saturated carbocycles. The molecule has 0 bridgehead atoms. The van der Waals surface area contributed by atoms with Crippen molar-refractivity contribution in [1.29, 1.82) is 0 Å². The second-order valence-corrected chi connectivity index (χ2v) is 3.35.